The smallest absolute Gasteiger partial charge is 0.216 e. The van der Waals surface area contributed by atoms with Crippen LogP contribution in [0.1, 0.15) is 18.9 Å². The molecular formula is C9H14N4O. The van der Waals surface area contributed by atoms with Gasteiger partial charge in [-0.1, -0.05) is 12.2 Å². The molecule has 1 amide bonds. The lowest BCUT2D eigenvalue weighted by Gasteiger charge is -1.96. The first-order valence-electron chi connectivity index (χ1n) is 4.40. The molecule has 5 heteroatoms. The van der Waals surface area contributed by atoms with E-state index in [9.17, 15) is 4.79 Å². The minimum absolute atomic E-state index is 0.0128. The quantitative estimate of drug-likeness (QED) is 0.611. The molecule has 0 saturated carbocycles. The Bertz CT molecular complexity index is 329. The second-order valence-electron chi connectivity index (χ2n) is 2.91. The number of rotatable bonds is 4. The minimum atomic E-state index is -0.0128. The zero-order chi connectivity index (χ0) is 10.4. The third kappa shape index (κ3) is 3.30. The van der Waals surface area contributed by atoms with E-state index >= 15 is 0 Å². The van der Waals surface area contributed by atoms with Crippen LogP contribution in [0.25, 0.3) is 6.08 Å². The van der Waals surface area contributed by atoms with Crippen molar-refractivity contribution in [3.63, 3.8) is 0 Å². The second-order valence-corrected chi connectivity index (χ2v) is 2.91. The number of H-pyrrole nitrogens is 1. The number of aromatic nitrogens is 2. The SMILES string of the molecule is CC(=O)NCCC=Cc1cn[nH]c1N. The fourth-order valence-electron chi connectivity index (χ4n) is 0.980. The molecule has 0 atom stereocenters. The molecule has 0 unspecified atom stereocenters. The van der Waals surface area contributed by atoms with Crippen molar-refractivity contribution in [1.82, 2.24) is 15.5 Å². The summed E-state index contributed by atoms with van der Waals surface area (Å²) in [4.78, 5) is 10.5. The summed E-state index contributed by atoms with van der Waals surface area (Å²) < 4.78 is 0. The van der Waals surface area contributed by atoms with Crippen molar-refractivity contribution in [2.45, 2.75) is 13.3 Å². The molecule has 1 heterocycles. The first kappa shape index (κ1) is 10.3. The molecule has 0 aliphatic carbocycles. The molecule has 0 aliphatic heterocycles. The fourth-order valence-corrected chi connectivity index (χ4v) is 0.980. The monoisotopic (exact) mass is 194 g/mol. The molecule has 76 valence electrons. The van der Waals surface area contributed by atoms with Crippen molar-refractivity contribution in [3.8, 4) is 0 Å². The van der Waals surface area contributed by atoms with Crippen molar-refractivity contribution in [3.05, 3.63) is 17.8 Å². The molecule has 1 aromatic heterocycles. The summed E-state index contributed by atoms with van der Waals surface area (Å²) >= 11 is 0. The summed E-state index contributed by atoms with van der Waals surface area (Å²) in [6.45, 7) is 2.14. The van der Waals surface area contributed by atoms with Gasteiger partial charge >= 0.3 is 0 Å². The van der Waals surface area contributed by atoms with Gasteiger partial charge in [-0.25, -0.2) is 0 Å². The number of hydrogen-bond acceptors (Lipinski definition) is 3. The number of anilines is 1. The number of aromatic amines is 1. The Labute approximate surface area is 82.4 Å². The molecule has 4 N–H and O–H groups in total. The number of nitrogens with zero attached hydrogens (tertiary/aromatic N) is 1. The van der Waals surface area contributed by atoms with E-state index in [1.165, 1.54) is 6.92 Å². The fraction of sp³-hybridized carbons (Fsp3) is 0.333. The van der Waals surface area contributed by atoms with Crippen LogP contribution in [0, 0.1) is 0 Å². The summed E-state index contributed by atoms with van der Waals surface area (Å²) in [7, 11) is 0. The minimum Gasteiger partial charge on any atom is -0.384 e. The van der Waals surface area contributed by atoms with Gasteiger partial charge in [-0.05, 0) is 6.42 Å². The number of carbonyl (C=O) groups excluding carboxylic acids is 1. The summed E-state index contributed by atoms with van der Waals surface area (Å²) in [6, 6.07) is 0. The van der Waals surface area contributed by atoms with E-state index in [2.05, 4.69) is 15.5 Å². The Morgan fingerprint density at radius 2 is 2.57 bits per heavy atom. The Kier molecular flexibility index (Phi) is 3.72. The van der Waals surface area contributed by atoms with Gasteiger partial charge in [0.1, 0.15) is 5.82 Å². The van der Waals surface area contributed by atoms with E-state index in [0.717, 1.165) is 12.0 Å². The molecular weight excluding hydrogens is 180 g/mol. The zero-order valence-corrected chi connectivity index (χ0v) is 8.08. The highest BCUT2D eigenvalue weighted by molar-refractivity contribution is 5.72. The molecule has 1 rings (SSSR count). The van der Waals surface area contributed by atoms with Gasteiger partial charge in [-0.15, -0.1) is 0 Å². The maximum absolute atomic E-state index is 10.5. The predicted molar refractivity (Wildman–Crippen MR) is 55.3 cm³/mol. The molecule has 0 bridgehead atoms. The van der Waals surface area contributed by atoms with Crippen LogP contribution >= 0.6 is 0 Å². The molecule has 0 saturated heterocycles. The lowest BCUT2D eigenvalue weighted by atomic mass is 10.2. The van der Waals surface area contributed by atoms with E-state index < -0.39 is 0 Å². The van der Waals surface area contributed by atoms with Crippen LogP contribution < -0.4 is 11.1 Å². The third-order valence-electron chi connectivity index (χ3n) is 1.68. The average Bonchev–Trinajstić information content (AvgIpc) is 2.51. The standard InChI is InChI=1S/C9H14N4O/c1-7(14)11-5-3-2-4-8-6-12-13-9(8)10/h2,4,6H,3,5H2,1H3,(H,11,14)(H3,10,12,13). The van der Waals surface area contributed by atoms with E-state index in [4.69, 9.17) is 5.73 Å². The van der Waals surface area contributed by atoms with Gasteiger partial charge < -0.3 is 11.1 Å². The van der Waals surface area contributed by atoms with Crippen LogP contribution in [0.3, 0.4) is 0 Å². The first-order valence-corrected chi connectivity index (χ1v) is 4.40. The van der Waals surface area contributed by atoms with E-state index in [0.29, 0.717) is 12.4 Å². The Balaban J connectivity index is 2.28. The molecule has 5 nitrogen and oxygen atoms in total. The zero-order valence-electron chi connectivity index (χ0n) is 8.08. The van der Waals surface area contributed by atoms with Gasteiger partial charge in [0, 0.05) is 19.0 Å². The molecule has 14 heavy (non-hydrogen) atoms. The Morgan fingerprint density at radius 1 is 1.79 bits per heavy atom. The Morgan fingerprint density at radius 3 is 3.14 bits per heavy atom. The topological polar surface area (TPSA) is 83.8 Å². The summed E-state index contributed by atoms with van der Waals surface area (Å²) in [5.41, 5.74) is 6.43. The van der Waals surface area contributed by atoms with E-state index in [-0.39, 0.29) is 5.91 Å². The number of nitrogen functional groups attached to an aromatic ring is 1. The Hall–Kier alpha value is -1.78. The van der Waals surface area contributed by atoms with Crippen molar-refractivity contribution in [1.29, 1.82) is 0 Å². The first-order chi connectivity index (χ1) is 6.70. The van der Waals surface area contributed by atoms with Crippen molar-refractivity contribution >= 4 is 17.8 Å². The maximum atomic E-state index is 10.5. The molecule has 0 aromatic carbocycles. The van der Waals surface area contributed by atoms with Crippen molar-refractivity contribution in [2.24, 2.45) is 0 Å². The van der Waals surface area contributed by atoms with Crippen molar-refractivity contribution < 1.29 is 4.79 Å². The summed E-state index contributed by atoms with van der Waals surface area (Å²) in [5.74, 6) is 0.544. The summed E-state index contributed by atoms with van der Waals surface area (Å²) in [6.07, 6.45) is 6.26. The maximum Gasteiger partial charge on any atom is 0.216 e. The highest BCUT2D eigenvalue weighted by atomic mass is 16.1. The van der Waals surface area contributed by atoms with Gasteiger partial charge in [0.15, 0.2) is 0 Å². The largest absolute Gasteiger partial charge is 0.384 e. The molecule has 0 spiro atoms. The van der Waals surface area contributed by atoms with Crippen LogP contribution in [0.5, 0.6) is 0 Å². The second kappa shape index (κ2) is 5.06. The summed E-state index contributed by atoms with van der Waals surface area (Å²) in [5, 5.41) is 9.11. The van der Waals surface area contributed by atoms with Crippen molar-refractivity contribution in [2.75, 3.05) is 12.3 Å². The van der Waals surface area contributed by atoms with Crippen LogP contribution in [-0.4, -0.2) is 22.6 Å². The number of nitrogens with one attached hydrogen (secondary N) is 2. The van der Waals surface area contributed by atoms with Gasteiger partial charge in [-0.2, -0.15) is 5.10 Å². The van der Waals surface area contributed by atoms with E-state index in [1.54, 1.807) is 6.20 Å². The predicted octanol–water partition coefficient (Wildman–Crippen LogP) is 0.531. The molecule has 0 aliphatic rings. The lowest BCUT2D eigenvalue weighted by Crippen LogP contribution is -2.20. The van der Waals surface area contributed by atoms with Crippen LogP contribution in [-0.2, 0) is 4.79 Å². The van der Waals surface area contributed by atoms with E-state index in [1.807, 2.05) is 12.2 Å². The molecule has 0 fully saturated rings. The van der Waals surface area contributed by atoms with Crippen LogP contribution in [0.4, 0.5) is 5.82 Å². The van der Waals surface area contributed by atoms with Gasteiger partial charge in [0.25, 0.3) is 0 Å². The average molecular weight is 194 g/mol. The lowest BCUT2D eigenvalue weighted by molar-refractivity contribution is -0.118. The van der Waals surface area contributed by atoms with Gasteiger partial charge in [0.05, 0.1) is 6.20 Å². The third-order valence-corrected chi connectivity index (χ3v) is 1.68. The molecule has 1 aromatic rings. The number of nitrogens with two attached hydrogens (primary N) is 1. The molecule has 0 radical (unpaired) electrons. The number of carbonyl (C=O) groups is 1. The normalized spacial score (nSPS) is 10.6. The van der Waals surface area contributed by atoms with Gasteiger partial charge in [-0.3, -0.25) is 9.89 Å². The number of hydrogen-bond donors (Lipinski definition) is 3. The highest BCUT2D eigenvalue weighted by Crippen LogP contribution is 2.07. The number of amides is 1. The van der Waals surface area contributed by atoms with Crippen LogP contribution in [0.15, 0.2) is 12.3 Å². The van der Waals surface area contributed by atoms with Gasteiger partial charge in [0.2, 0.25) is 5.91 Å². The highest BCUT2D eigenvalue weighted by Gasteiger charge is 1.94. The van der Waals surface area contributed by atoms with Crippen LogP contribution in [0.2, 0.25) is 0 Å².